The number of nitrogens with one attached hydrogen (secondary N) is 1. The summed E-state index contributed by atoms with van der Waals surface area (Å²) in [6, 6.07) is 11.5. The van der Waals surface area contributed by atoms with Crippen LogP contribution in [0.2, 0.25) is 0 Å². The van der Waals surface area contributed by atoms with E-state index >= 15 is 0 Å². The molecule has 1 N–H and O–H groups in total. The molecule has 25 heavy (non-hydrogen) atoms. The van der Waals surface area contributed by atoms with Crippen LogP contribution >= 0.6 is 31.9 Å². The van der Waals surface area contributed by atoms with Gasteiger partial charge >= 0.3 is 0 Å². The Morgan fingerprint density at radius 1 is 1.16 bits per heavy atom. The first-order valence-corrected chi connectivity index (χ1v) is 9.54. The summed E-state index contributed by atoms with van der Waals surface area (Å²) in [6.45, 7) is 6.32. The molecule has 0 fully saturated rings. The van der Waals surface area contributed by atoms with Crippen molar-refractivity contribution < 1.29 is 14.3 Å². The predicted octanol–water partition coefficient (Wildman–Crippen LogP) is 5.00. The molecule has 0 saturated heterocycles. The van der Waals surface area contributed by atoms with Gasteiger partial charge in [-0.05, 0) is 72.1 Å². The van der Waals surface area contributed by atoms with Crippen molar-refractivity contribution in [1.82, 2.24) is 5.32 Å². The van der Waals surface area contributed by atoms with Crippen LogP contribution in [0.5, 0.6) is 11.5 Å². The maximum atomic E-state index is 12.0. The lowest BCUT2D eigenvalue weighted by Crippen LogP contribution is -2.28. The zero-order valence-corrected chi connectivity index (χ0v) is 17.6. The monoisotopic (exact) mass is 469 g/mol. The van der Waals surface area contributed by atoms with Crippen LogP contribution in [-0.2, 0) is 11.3 Å². The number of ether oxygens (including phenoxy) is 2. The van der Waals surface area contributed by atoms with Crippen LogP contribution < -0.4 is 14.8 Å². The van der Waals surface area contributed by atoms with Gasteiger partial charge in [-0.2, -0.15) is 0 Å². The Balaban J connectivity index is 1.83. The number of carbonyl (C=O) groups excluding carboxylic acids is 1. The number of benzene rings is 2. The van der Waals surface area contributed by atoms with Gasteiger partial charge in [0.1, 0.15) is 11.5 Å². The Labute approximate surface area is 165 Å². The fourth-order valence-electron chi connectivity index (χ4n) is 2.22. The first-order chi connectivity index (χ1) is 11.8. The third-order valence-electron chi connectivity index (χ3n) is 3.33. The Morgan fingerprint density at radius 3 is 2.44 bits per heavy atom. The number of carbonyl (C=O) groups is 1. The molecule has 2 aromatic carbocycles. The number of rotatable bonds is 7. The van der Waals surface area contributed by atoms with Crippen molar-refractivity contribution in [3.05, 3.63) is 56.5 Å². The molecule has 6 heteroatoms. The van der Waals surface area contributed by atoms with Crippen LogP contribution in [0, 0.1) is 6.92 Å². The largest absolute Gasteiger partial charge is 0.491 e. The van der Waals surface area contributed by atoms with Crippen molar-refractivity contribution in [2.24, 2.45) is 0 Å². The van der Waals surface area contributed by atoms with E-state index in [0.29, 0.717) is 12.3 Å². The number of aryl methyl sites for hydroxylation is 1. The zero-order valence-electron chi connectivity index (χ0n) is 14.4. The maximum Gasteiger partial charge on any atom is 0.258 e. The second kappa shape index (κ2) is 9.25. The van der Waals surface area contributed by atoms with Crippen LogP contribution in [0.25, 0.3) is 0 Å². The van der Waals surface area contributed by atoms with Gasteiger partial charge in [0.2, 0.25) is 0 Å². The zero-order chi connectivity index (χ0) is 18.4. The Bertz CT molecular complexity index is 707. The summed E-state index contributed by atoms with van der Waals surface area (Å²) in [7, 11) is 0. The second-order valence-corrected chi connectivity index (χ2v) is 7.68. The maximum absolute atomic E-state index is 12.0. The number of amides is 1. The minimum absolute atomic E-state index is 0.0321. The summed E-state index contributed by atoms with van der Waals surface area (Å²) in [5, 5.41) is 2.85. The first-order valence-electron chi connectivity index (χ1n) is 7.96. The fraction of sp³-hybridized carbons (Fsp3) is 0.316. The summed E-state index contributed by atoms with van der Waals surface area (Å²) in [4.78, 5) is 12.0. The molecule has 0 aliphatic rings. The molecule has 134 valence electrons. The summed E-state index contributed by atoms with van der Waals surface area (Å²) in [5.74, 6) is 1.33. The van der Waals surface area contributed by atoms with E-state index in [1.165, 1.54) is 0 Å². The molecule has 0 aromatic heterocycles. The van der Waals surface area contributed by atoms with Crippen molar-refractivity contribution in [3.63, 3.8) is 0 Å². The van der Waals surface area contributed by atoms with Crippen LogP contribution in [0.15, 0.2) is 45.3 Å². The fourth-order valence-corrected chi connectivity index (χ4v) is 3.77. The van der Waals surface area contributed by atoms with Crippen molar-refractivity contribution in [1.29, 1.82) is 0 Å². The third-order valence-corrected chi connectivity index (χ3v) is 4.37. The molecule has 4 nitrogen and oxygen atoms in total. The average molecular weight is 471 g/mol. The summed E-state index contributed by atoms with van der Waals surface area (Å²) >= 11 is 6.87. The molecule has 0 bridgehead atoms. The highest BCUT2D eigenvalue weighted by Gasteiger charge is 2.09. The van der Waals surface area contributed by atoms with Crippen molar-refractivity contribution in [2.45, 2.75) is 33.4 Å². The molecule has 0 unspecified atom stereocenters. The van der Waals surface area contributed by atoms with E-state index in [9.17, 15) is 4.79 Å². The molecule has 1 amide bonds. The van der Waals surface area contributed by atoms with E-state index in [0.717, 1.165) is 25.8 Å². The van der Waals surface area contributed by atoms with Gasteiger partial charge in [0.05, 0.1) is 10.6 Å². The SMILES string of the molecule is Cc1cc(Br)cc(Br)c1OCC(=O)NCc1ccc(OC(C)C)cc1. The quantitative estimate of drug-likeness (QED) is 0.619. The summed E-state index contributed by atoms with van der Waals surface area (Å²) in [6.07, 6.45) is 0.143. The lowest BCUT2D eigenvalue weighted by Gasteiger charge is -2.12. The highest BCUT2D eigenvalue weighted by Crippen LogP contribution is 2.32. The Morgan fingerprint density at radius 2 is 1.84 bits per heavy atom. The lowest BCUT2D eigenvalue weighted by molar-refractivity contribution is -0.123. The molecule has 0 atom stereocenters. The van der Waals surface area contributed by atoms with E-state index in [4.69, 9.17) is 9.47 Å². The molecule has 0 aliphatic heterocycles. The Hall–Kier alpha value is -1.53. The van der Waals surface area contributed by atoms with Gasteiger partial charge in [-0.3, -0.25) is 4.79 Å². The van der Waals surface area contributed by atoms with Crippen LogP contribution in [-0.4, -0.2) is 18.6 Å². The van der Waals surface area contributed by atoms with E-state index in [-0.39, 0.29) is 18.6 Å². The molecular weight excluding hydrogens is 450 g/mol. The second-order valence-electron chi connectivity index (χ2n) is 5.91. The molecule has 0 spiro atoms. The van der Waals surface area contributed by atoms with Crippen LogP contribution in [0.4, 0.5) is 0 Å². The molecule has 0 aliphatic carbocycles. The molecule has 0 radical (unpaired) electrons. The normalized spacial score (nSPS) is 10.6. The van der Waals surface area contributed by atoms with Gasteiger partial charge in [-0.15, -0.1) is 0 Å². The molecule has 0 heterocycles. The van der Waals surface area contributed by atoms with Gasteiger partial charge < -0.3 is 14.8 Å². The predicted molar refractivity (Wildman–Crippen MR) is 106 cm³/mol. The summed E-state index contributed by atoms with van der Waals surface area (Å²) < 4.78 is 13.0. The van der Waals surface area contributed by atoms with Gasteiger partial charge in [0, 0.05) is 11.0 Å². The first kappa shape index (κ1) is 19.8. The minimum Gasteiger partial charge on any atom is -0.491 e. The number of hydrogen-bond acceptors (Lipinski definition) is 3. The molecular formula is C19H21Br2NO3. The van der Waals surface area contributed by atoms with Gasteiger partial charge in [0.15, 0.2) is 6.61 Å². The molecule has 2 rings (SSSR count). The summed E-state index contributed by atoms with van der Waals surface area (Å²) in [5.41, 5.74) is 1.96. The highest BCUT2D eigenvalue weighted by molar-refractivity contribution is 9.11. The van der Waals surface area contributed by atoms with Gasteiger partial charge in [-0.1, -0.05) is 28.1 Å². The van der Waals surface area contributed by atoms with E-state index in [1.807, 2.05) is 57.2 Å². The molecule has 0 saturated carbocycles. The number of halogens is 2. The number of hydrogen-bond donors (Lipinski definition) is 1. The van der Waals surface area contributed by atoms with Crippen LogP contribution in [0.3, 0.4) is 0 Å². The van der Waals surface area contributed by atoms with E-state index < -0.39 is 0 Å². The Kier molecular flexibility index (Phi) is 7.32. The minimum atomic E-state index is -0.170. The van der Waals surface area contributed by atoms with Crippen molar-refractivity contribution in [3.8, 4) is 11.5 Å². The van der Waals surface area contributed by atoms with Gasteiger partial charge in [-0.25, -0.2) is 0 Å². The van der Waals surface area contributed by atoms with Crippen molar-refractivity contribution in [2.75, 3.05) is 6.61 Å². The van der Waals surface area contributed by atoms with Gasteiger partial charge in [0.25, 0.3) is 5.91 Å². The van der Waals surface area contributed by atoms with E-state index in [2.05, 4.69) is 37.2 Å². The smallest absolute Gasteiger partial charge is 0.258 e. The third kappa shape index (κ3) is 6.36. The van der Waals surface area contributed by atoms with E-state index in [1.54, 1.807) is 0 Å². The average Bonchev–Trinajstić information content (AvgIpc) is 2.52. The molecule has 2 aromatic rings. The van der Waals surface area contributed by atoms with Crippen molar-refractivity contribution >= 4 is 37.8 Å². The van der Waals surface area contributed by atoms with Crippen LogP contribution in [0.1, 0.15) is 25.0 Å². The topological polar surface area (TPSA) is 47.6 Å². The lowest BCUT2D eigenvalue weighted by atomic mass is 10.2. The standard InChI is InChI=1S/C19H21Br2NO3/c1-12(2)25-16-6-4-14(5-7-16)10-22-18(23)11-24-19-13(3)8-15(20)9-17(19)21/h4-9,12H,10-11H2,1-3H3,(H,22,23). The highest BCUT2D eigenvalue weighted by atomic mass is 79.9.